The molecule has 23 heavy (non-hydrogen) atoms. The Hall–Kier alpha value is -1.72. The lowest BCUT2D eigenvalue weighted by Gasteiger charge is -2.40. The molecular formula is C18H24N4O. The molecule has 1 aliphatic carbocycles. The standard InChI is InChI=1S/C18H24N4O/c1-15-10-16(4-5-17(15)22-14-19-13-20-22)11-21-8-9-23-18(12-21)6-2-3-7-18/h4-5,10,13-14H,2-3,6-9,11-12H2,1H3. The maximum absolute atomic E-state index is 6.13. The van der Waals surface area contributed by atoms with Crippen LogP contribution in [-0.4, -0.2) is 45.0 Å². The lowest BCUT2D eigenvalue weighted by molar-refractivity contribution is -0.107. The molecular weight excluding hydrogens is 288 g/mol. The second-order valence-electron chi connectivity index (χ2n) is 6.91. The Morgan fingerprint density at radius 3 is 2.87 bits per heavy atom. The molecule has 0 bridgehead atoms. The third-order valence-electron chi connectivity index (χ3n) is 5.18. The van der Waals surface area contributed by atoms with Crippen LogP contribution in [0.4, 0.5) is 0 Å². The van der Waals surface area contributed by atoms with Crippen molar-refractivity contribution < 1.29 is 4.74 Å². The van der Waals surface area contributed by atoms with Crippen LogP contribution in [0.3, 0.4) is 0 Å². The van der Waals surface area contributed by atoms with Crippen molar-refractivity contribution >= 4 is 0 Å². The van der Waals surface area contributed by atoms with Crippen LogP contribution < -0.4 is 0 Å². The highest BCUT2D eigenvalue weighted by atomic mass is 16.5. The van der Waals surface area contributed by atoms with Crippen molar-refractivity contribution in [2.24, 2.45) is 0 Å². The van der Waals surface area contributed by atoms with Gasteiger partial charge in [0, 0.05) is 19.6 Å². The molecule has 2 aliphatic rings. The van der Waals surface area contributed by atoms with Gasteiger partial charge in [0.2, 0.25) is 0 Å². The second-order valence-corrected chi connectivity index (χ2v) is 6.91. The van der Waals surface area contributed by atoms with E-state index in [1.54, 1.807) is 12.7 Å². The van der Waals surface area contributed by atoms with Gasteiger partial charge < -0.3 is 4.74 Å². The molecule has 2 aromatic rings. The molecule has 1 saturated heterocycles. The average molecular weight is 312 g/mol. The SMILES string of the molecule is Cc1cc(CN2CCOC3(CCCC3)C2)ccc1-n1cncn1. The van der Waals surface area contributed by atoms with Crippen molar-refractivity contribution in [1.82, 2.24) is 19.7 Å². The largest absolute Gasteiger partial charge is 0.372 e. The minimum atomic E-state index is 0.147. The quantitative estimate of drug-likeness (QED) is 0.874. The maximum atomic E-state index is 6.13. The van der Waals surface area contributed by atoms with E-state index >= 15 is 0 Å². The van der Waals surface area contributed by atoms with Crippen LogP contribution in [0.25, 0.3) is 5.69 Å². The number of benzene rings is 1. The molecule has 1 spiro atoms. The van der Waals surface area contributed by atoms with Gasteiger partial charge in [-0.2, -0.15) is 5.10 Å². The number of ether oxygens (including phenoxy) is 1. The number of nitrogens with zero attached hydrogens (tertiary/aromatic N) is 4. The Kier molecular flexibility index (Phi) is 3.91. The predicted molar refractivity (Wildman–Crippen MR) is 88.5 cm³/mol. The number of rotatable bonds is 3. The summed E-state index contributed by atoms with van der Waals surface area (Å²) in [7, 11) is 0. The zero-order valence-electron chi connectivity index (χ0n) is 13.7. The van der Waals surface area contributed by atoms with E-state index in [1.807, 2.05) is 4.68 Å². The summed E-state index contributed by atoms with van der Waals surface area (Å²) in [6, 6.07) is 6.62. The van der Waals surface area contributed by atoms with E-state index in [2.05, 4.69) is 40.1 Å². The summed E-state index contributed by atoms with van der Waals surface area (Å²) < 4.78 is 7.95. The molecule has 1 saturated carbocycles. The van der Waals surface area contributed by atoms with Crippen molar-refractivity contribution in [3.8, 4) is 5.69 Å². The molecule has 5 nitrogen and oxygen atoms in total. The van der Waals surface area contributed by atoms with Gasteiger partial charge in [0.25, 0.3) is 0 Å². The lowest BCUT2D eigenvalue weighted by Crippen LogP contribution is -2.49. The summed E-state index contributed by atoms with van der Waals surface area (Å²) in [5.41, 5.74) is 3.84. The third kappa shape index (κ3) is 3.03. The van der Waals surface area contributed by atoms with Gasteiger partial charge in [0.1, 0.15) is 12.7 Å². The molecule has 122 valence electrons. The summed E-state index contributed by atoms with van der Waals surface area (Å²) in [4.78, 5) is 6.58. The molecule has 1 aliphatic heterocycles. The highest BCUT2D eigenvalue weighted by Gasteiger charge is 2.39. The highest BCUT2D eigenvalue weighted by molar-refractivity contribution is 5.41. The van der Waals surface area contributed by atoms with Gasteiger partial charge in [-0.05, 0) is 37.0 Å². The fourth-order valence-electron chi connectivity index (χ4n) is 4.04. The summed E-state index contributed by atoms with van der Waals surface area (Å²) in [6.45, 7) is 6.13. The third-order valence-corrected chi connectivity index (χ3v) is 5.18. The van der Waals surface area contributed by atoms with Gasteiger partial charge in [-0.1, -0.05) is 25.0 Å². The number of aromatic nitrogens is 3. The van der Waals surface area contributed by atoms with Crippen LogP contribution in [-0.2, 0) is 11.3 Å². The van der Waals surface area contributed by atoms with Crippen molar-refractivity contribution in [1.29, 1.82) is 0 Å². The smallest absolute Gasteiger partial charge is 0.138 e. The number of aryl methyl sites for hydroxylation is 1. The summed E-state index contributed by atoms with van der Waals surface area (Å²) in [5.74, 6) is 0. The summed E-state index contributed by atoms with van der Waals surface area (Å²) in [5, 5.41) is 4.22. The Balaban J connectivity index is 1.47. The minimum absolute atomic E-state index is 0.147. The number of morpholine rings is 1. The van der Waals surface area contributed by atoms with Crippen LogP contribution in [0.2, 0.25) is 0 Å². The van der Waals surface area contributed by atoms with Crippen LogP contribution in [0, 0.1) is 6.92 Å². The van der Waals surface area contributed by atoms with Crippen LogP contribution in [0.1, 0.15) is 36.8 Å². The molecule has 1 aromatic heterocycles. The van der Waals surface area contributed by atoms with Crippen LogP contribution in [0.15, 0.2) is 30.9 Å². The fraction of sp³-hybridized carbons (Fsp3) is 0.556. The number of hydrogen-bond acceptors (Lipinski definition) is 4. The van der Waals surface area contributed by atoms with Gasteiger partial charge in [-0.25, -0.2) is 9.67 Å². The molecule has 4 rings (SSSR count). The van der Waals surface area contributed by atoms with Gasteiger partial charge in [-0.3, -0.25) is 4.90 Å². The molecule has 2 heterocycles. The fourth-order valence-corrected chi connectivity index (χ4v) is 4.04. The summed E-state index contributed by atoms with van der Waals surface area (Å²) >= 11 is 0. The second kappa shape index (κ2) is 6.06. The first-order valence-corrected chi connectivity index (χ1v) is 8.55. The van der Waals surface area contributed by atoms with Crippen molar-refractivity contribution in [3.05, 3.63) is 42.0 Å². The number of hydrogen-bond donors (Lipinski definition) is 0. The molecule has 5 heteroatoms. The van der Waals surface area contributed by atoms with Crippen molar-refractivity contribution in [2.45, 2.75) is 44.8 Å². The predicted octanol–water partition coefficient (Wildman–Crippen LogP) is 2.72. The summed E-state index contributed by atoms with van der Waals surface area (Å²) in [6.07, 6.45) is 8.41. The maximum Gasteiger partial charge on any atom is 0.138 e. The molecule has 0 N–H and O–H groups in total. The van der Waals surface area contributed by atoms with Crippen LogP contribution in [0.5, 0.6) is 0 Å². The molecule has 2 fully saturated rings. The van der Waals surface area contributed by atoms with E-state index in [0.717, 1.165) is 31.9 Å². The van der Waals surface area contributed by atoms with Gasteiger partial charge in [-0.15, -0.1) is 0 Å². The first-order chi connectivity index (χ1) is 11.2. The van der Waals surface area contributed by atoms with E-state index in [9.17, 15) is 0 Å². The Morgan fingerprint density at radius 2 is 2.13 bits per heavy atom. The Labute approximate surface area is 137 Å². The van der Waals surface area contributed by atoms with E-state index in [-0.39, 0.29) is 5.60 Å². The minimum Gasteiger partial charge on any atom is -0.372 e. The normalized spacial score (nSPS) is 21.1. The Bertz CT molecular complexity index is 662. The zero-order valence-corrected chi connectivity index (χ0v) is 13.7. The van der Waals surface area contributed by atoms with E-state index in [4.69, 9.17) is 4.74 Å². The van der Waals surface area contributed by atoms with Crippen molar-refractivity contribution in [2.75, 3.05) is 19.7 Å². The zero-order chi connectivity index (χ0) is 15.7. The van der Waals surface area contributed by atoms with Gasteiger partial charge >= 0.3 is 0 Å². The molecule has 0 unspecified atom stereocenters. The van der Waals surface area contributed by atoms with Gasteiger partial charge in [0.15, 0.2) is 0 Å². The van der Waals surface area contributed by atoms with Gasteiger partial charge in [0.05, 0.1) is 17.9 Å². The monoisotopic (exact) mass is 312 g/mol. The van der Waals surface area contributed by atoms with E-state index in [0.29, 0.717) is 0 Å². The Morgan fingerprint density at radius 1 is 1.26 bits per heavy atom. The van der Waals surface area contributed by atoms with Crippen LogP contribution >= 0.6 is 0 Å². The van der Waals surface area contributed by atoms with E-state index in [1.165, 1.54) is 36.8 Å². The first-order valence-electron chi connectivity index (χ1n) is 8.55. The van der Waals surface area contributed by atoms with Crippen molar-refractivity contribution in [3.63, 3.8) is 0 Å². The first kappa shape index (κ1) is 14.8. The topological polar surface area (TPSA) is 43.2 Å². The lowest BCUT2D eigenvalue weighted by atomic mass is 9.99. The van der Waals surface area contributed by atoms with E-state index < -0.39 is 0 Å². The molecule has 0 atom stereocenters. The highest BCUT2D eigenvalue weighted by Crippen LogP contribution is 2.36. The molecule has 1 aromatic carbocycles. The molecule has 0 amide bonds. The molecule has 0 radical (unpaired) electrons. The average Bonchev–Trinajstić information content (AvgIpc) is 3.20.